The maximum atomic E-state index is 9.25. The number of hydrogen-bond acceptors (Lipinski definition) is 6. The number of aliphatic hydroxyl groups excluding tert-OH is 4. The molecule has 0 aromatic heterocycles. The predicted octanol–water partition coefficient (Wildman–Crippen LogP) is 2.46. The summed E-state index contributed by atoms with van der Waals surface area (Å²) in [5, 5.41) is 37.0. The third-order valence-electron chi connectivity index (χ3n) is 3.02. The molecule has 6 heteroatoms. The normalized spacial score (nSPS) is 10.9. The highest BCUT2D eigenvalue weighted by atomic mass is 33.1. The van der Waals surface area contributed by atoms with E-state index in [2.05, 4.69) is 0 Å². The lowest BCUT2D eigenvalue weighted by atomic mass is 10.1. The van der Waals surface area contributed by atoms with Gasteiger partial charge < -0.3 is 20.4 Å². The smallest absolute Gasteiger partial charge is 0.0682 e. The van der Waals surface area contributed by atoms with Crippen molar-refractivity contribution in [1.29, 1.82) is 0 Å². The van der Waals surface area contributed by atoms with Crippen LogP contribution in [-0.2, 0) is 26.4 Å². The third kappa shape index (κ3) is 4.74. The Morgan fingerprint density at radius 2 is 0.773 bits per heavy atom. The van der Waals surface area contributed by atoms with Gasteiger partial charge in [-0.1, -0.05) is 33.7 Å². The van der Waals surface area contributed by atoms with Gasteiger partial charge in [-0.2, -0.15) is 0 Å². The molecular formula is C16H18O4S2. The monoisotopic (exact) mass is 338 g/mol. The van der Waals surface area contributed by atoms with Gasteiger partial charge in [-0.15, -0.1) is 0 Å². The van der Waals surface area contributed by atoms with Crippen LogP contribution >= 0.6 is 21.6 Å². The third-order valence-corrected chi connectivity index (χ3v) is 5.36. The molecule has 22 heavy (non-hydrogen) atoms. The molecule has 0 saturated heterocycles. The van der Waals surface area contributed by atoms with Crippen molar-refractivity contribution in [2.75, 3.05) is 0 Å². The summed E-state index contributed by atoms with van der Waals surface area (Å²) >= 11 is 0. The van der Waals surface area contributed by atoms with E-state index < -0.39 is 0 Å². The van der Waals surface area contributed by atoms with Crippen molar-refractivity contribution in [2.45, 2.75) is 36.2 Å². The van der Waals surface area contributed by atoms with Gasteiger partial charge in [0, 0.05) is 9.79 Å². The molecule has 2 rings (SSSR count). The summed E-state index contributed by atoms with van der Waals surface area (Å²) in [4.78, 5) is 1.86. The molecule has 0 aliphatic rings. The van der Waals surface area contributed by atoms with Gasteiger partial charge in [0.2, 0.25) is 0 Å². The molecule has 0 aliphatic carbocycles. The first-order valence-electron chi connectivity index (χ1n) is 6.72. The van der Waals surface area contributed by atoms with Gasteiger partial charge in [0.25, 0.3) is 0 Å². The molecule has 2 aromatic carbocycles. The first kappa shape index (κ1) is 17.3. The molecule has 0 aliphatic heterocycles. The fraction of sp³-hybridized carbons (Fsp3) is 0.250. The van der Waals surface area contributed by atoms with Crippen molar-refractivity contribution in [3.05, 3.63) is 58.7 Å². The van der Waals surface area contributed by atoms with Crippen LogP contribution in [0.15, 0.2) is 46.2 Å². The molecular weight excluding hydrogens is 320 g/mol. The molecule has 0 heterocycles. The van der Waals surface area contributed by atoms with E-state index in [-0.39, 0.29) is 26.4 Å². The van der Waals surface area contributed by atoms with E-state index in [1.165, 1.54) is 21.6 Å². The van der Waals surface area contributed by atoms with Crippen LogP contribution in [0.4, 0.5) is 0 Å². The van der Waals surface area contributed by atoms with Gasteiger partial charge in [0.05, 0.1) is 26.4 Å². The summed E-state index contributed by atoms with van der Waals surface area (Å²) in [6, 6.07) is 11.0. The van der Waals surface area contributed by atoms with Crippen LogP contribution in [0.1, 0.15) is 22.3 Å². The molecule has 2 aromatic rings. The highest BCUT2D eigenvalue weighted by Gasteiger charge is 2.05. The van der Waals surface area contributed by atoms with Crippen molar-refractivity contribution in [3.63, 3.8) is 0 Å². The van der Waals surface area contributed by atoms with Crippen molar-refractivity contribution in [3.8, 4) is 0 Å². The highest BCUT2D eigenvalue weighted by Crippen LogP contribution is 2.39. The lowest BCUT2D eigenvalue weighted by Gasteiger charge is -2.08. The van der Waals surface area contributed by atoms with Crippen molar-refractivity contribution < 1.29 is 20.4 Å². The van der Waals surface area contributed by atoms with Crippen molar-refractivity contribution >= 4 is 21.6 Å². The largest absolute Gasteiger partial charge is 0.392 e. The summed E-state index contributed by atoms with van der Waals surface area (Å²) in [6.45, 7) is -0.275. The Labute approximate surface area is 137 Å². The fourth-order valence-electron chi connectivity index (χ4n) is 2.01. The van der Waals surface area contributed by atoms with Gasteiger partial charge in [0.15, 0.2) is 0 Å². The quantitative estimate of drug-likeness (QED) is 0.581. The molecule has 0 amide bonds. The van der Waals surface area contributed by atoms with E-state index >= 15 is 0 Å². The number of benzene rings is 2. The Balaban J connectivity index is 2.15. The van der Waals surface area contributed by atoms with Crippen LogP contribution in [0.25, 0.3) is 0 Å². The van der Waals surface area contributed by atoms with E-state index in [9.17, 15) is 20.4 Å². The molecule has 0 saturated carbocycles. The zero-order chi connectivity index (χ0) is 15.9. The van der Waals surface area contributed by atoms with E-state index in [0.717, 1.165) is 32.0 Å². The minimum absolute atomic E-state index is 0.0687. The molecule has 0 spiro atoms. The van der Waals surface area contributed by atoms with Crippen LogP contribution in [0.2, 0.25) is 0 Å². The fourth-order valence-corrected chi connectivity index (χ4v) is 4.16. The van der Waals surface area contributed by atoms with Gasteiger partial charge in [-0.05, 0) is 46.5 Å². The first-order chi connectivity index (χ1) is 10.7. The van der Waals surface area contributed by atoms with Gasteiger partial charge >= 0.3 is 0 Å². The van der Waals surface area contributed by atoms with E-state index in [1.807, 2.05) is 24.3 Å². The van der Waals surface area contributed by atoms with E-state index in [1.54, 1.807) is 12.1 Å². The SMILES string of the molecule is OCc1cc(CO)cc(SSc2cc(CO)cc(CO)c2)c1. The molecule has 0 unspecified atom stereocenters. The number of hydrogen-bond donors (Lipinski definition) is 4. The van der Waals surface area contributed by atoms with Crippen molar-refractivity contribution in [2.24, 2.45) is 0 Å². The summed E-state index contributed by atoms with van der Waals surface area (Å²) in [7, 11) is 3.00. The Bertz CT molecular complexity index is 532. The summed E-state index contributed by atoms with van der Waals surface area (Å²) in [6.07, 6.45) is 0. The molecule has 0 radical (unpaired) electrons. The zero-order valence-corrected chi connectivity index (χ0v) is 13.5. The second-order valence-corrected chi connectivity index (χ2v) is 7.05. The lowest BCUT2D eigenvalue weighted by Crippen LogP contribution is -1.90. The average molecular weight is 338 g/mol. The second-order valence-electron chi connectivity index (χ2n) is 4.77. The lowest BCUT2D eigenvalue weighted by molar-refractivity contribution is 0.274. The molecule has 0 fully saturated rings. The maximum Gasteiger partial charge on any atom is 0.0682 e. The van der Waals surface area contributed by atoms with Gasteiger partial charge in [-0.25, -0.2) is 0 Å². The summed E-state index contributed by atoms with van der Waals surface area (Å²) < 4.78 is 0. The Morgan fingerprint density at radius 1 is 0.500 bits per heavy atom. The van der Waals surface area contributed by atoms with E-state index in [0.29, 0.717) is 0 Å². The van der Waals surface area contributed by atoms with Crippen LogP contribution in [-0.4, -0.2) is 20.4 Å². The Kier molecular flexibility index (Phi) is 6.75. The summed E-state index contributed by atoms with van der Waals surface area (Å²) in [5.41, 5.74) is 3.04. The number of aliphatic hydroxyl groups is 4. The predicted molar refractivity (Wildman–Crippen MR) is 88.3 cm³/mol. The van der Waals surface area contributed by atoms with Crippen LogP contribution in [0, 0.1) is 0 Å². The maximum absolute atomic E-state index is 9.25. The Morgan fingerprint density at radius 3 is 1.00 bits per heavy atom. The first-order valence-corrected chi connectivity index (χ1v) is 8.87. The average Bonchev–Trinajstić information content (AvgIpc) is 2.59. The van der Waals surface area contributed by atoms with Crippen LogP contribution in [0.5, 0.6) is 0 Å². The molecule has 4 nitrogen and oxygen atoms in total. The molecule has 118 valence electrons. The van der Waals surface area contributed by atoms with Crippen LogP contribution in [0.3, 0.4) is 0 Å². The minimum atomic E-state index is -0.0687. The van der Waals surface area contributed by atoms with Gasteiger partial charge in [0.1, 0.15) is 0 Å². The number of rotatable bonds is 7. The molecule has 4 N–H and O–H groups in total. The van der Waals surface area contributed by atoms with Crippen molar-refractivity contribution in [1.82, 2.24) is 0 Å². The highest BCUT2D eigenvalue weighted by molar-refractivity contribution is 8.76. The van der Waals surface area contributed by atoms with Crippen LogP contribution < -0.4 is 0 Å². The Hall–Kier alpha value is -1.02. The van der Waals surface area contributed by atoms with E-state index in [4.69, 9.17) is 0 Å². The molecule has 0 atom stereocenters. The van der Waals surface area contributed by atoms with Gasteiger partial charge in [-0.3, -0.25) is 0 Å². The minimum Gasteiger partial charge on any atom is -0.392 e. The second kappa shape index (κ2) is 8.57. The summed E-state index contributed by atoms with van der Waals surface area (Å²) in [5.74, 6) is 0. The standard InChI is InChI=1S/C16H18O4S2/c17-7-11-1-12(8-18)4-15(3-11)21-22-16-5-13(9-19)2-14(6-16)10-20/h1-6,17-20H,7-10H2. The molecule has 0 bridgehead atoms. The topological polar surface area (TPSA) is 80.9 Å². The zero-order valence-electron chi connectivity index (χ0n) is 11.9.